The van der Waals surface area contributed by atoms with Gasteiger partial charge in [-0.2, -0.15) is 0 Å². The second-order valence-corrected chi connectivity index (χ2v) is 5.15. The van der Waals surface area contributed by atoms with Crippen LogP contribution in [0.25, 0.3) is 0 Å². The van der Waals surface area contributed by atoms with Crippen molar-refractivity contribution in [3.8, 4) is 0 Å². The first-order valence-corrected chi connectivity index (χ1v) is 5.88. The Hall–Kier alpha value is -0.810. The lowest BCUT2D eigenvalue weighted by atomic mass is 9.82. The number of methoxy groups -OCH3 is 1. The normalized spacial score (nSPS) is 35.6. The van der Waals surface area contributed by atoms with Crippen molar-refractivity contribution < 1.29 is 9.94 Å². The van der Waals surface area contributed by atoms with Gasteiger partial charge in [-0.3, -0.25) is 4.90 Å². The van der Waals surface area contributed by atoms with Crippen molar-refractivity contribution in [3.63, 3.8) is 0 Å². The fraction of sp³-hybridized carbons (Fsp3) is 0.909. The lowest BCUT2D eigenvalue weighted by Gasteiger charge is -2.27. The van der Waals surface area contributed by atoms with Crippen molar-refractivity contribution in [1.82, 2.24) is 4.90 Å². The molecule has 0 aromatic carbocycles. The Morgan fingerprint density at radius 2 is 2.50 bits per heavy atom. The molecule has 0 aromatic heterocycles. The van der Waals surface area contributed by atoms with E-state index in [1.165, 1.54) is 19.3 Å². The summed E-state index contributed by atoms with van der Waals surface area (Å²) in [5, 5.41) is 11.6. The molecule has 1 aliphatic carbocycles. The third-order valence-corrected chi connectivity index (χ3v) is 4.06. The molecule has 2 fully saturated rings. The number of fused-ring (bicyclic) bond motifs is 1. The van der Waals surface area contributed by atoms with Crippen molar-refractivity contribution >= 4 is 5.84 Å². The average Bonchev–Trinajstić information content (AvgIpc) is 2.74. The monoisotopic (exact) mass is 227 g/mol. The van der Waals surface area contributed by atoms with Gasteiger partial charge in [0.1, 0.15) is 0 Å². The van der Waals surface area contributed by atoms with Crippen LogP contribution in [0.2, 0.25) is 0 Å². The molecule has 0 unspecified atom stereocenters. The van der Waals surface area contributed by atoms with E-state index in [2.05, 4.69) is 10.1 Å². The molecule has 2 aliphatic rings. The number of nitrogens with zero attached hydrogens (tertiary/aromatic N) is 2. The number of hydrogen-bond acceptors (Lipinski definition) is 4. The smallest absolute Gasteiger partial charge is 0.153 e. The summed E-state index contributed by atoms with van der Waals surface area (Å²) in [7, 11) is 1.77. The Morgan fingerprint density at radius 3 is 3.19 bits per heavy atom. The predicted molar refractivity (Wildman–Crippen MR) is 61.5 cm³/mol. The van der Waals surface area contributed by atoms with Gasteiger partial charge in [0.05, 0.1) is 13.2 Å². The SMILES string of the molecule is COC[C@]12CCC[C@H]1CN(CC(N)=NO)C2. The number of oxime groups is 1. The maximum atomic E-state index is 8.58. The molecule has 2 rings (SSSR count). The molecule has 1 aliphatic heterocycles. The summed E-state index contributed by atoms with van der Waals surface area (Å²) in [5.74, 6) is 1.02. The lowest BCUT2D eigenvalue weighted by molar-refractivity contribution is 0.0712. The van der Waals surface area contributed by atoms with Crippen LogP contribution >= 0.6 is 0 Å². The summed E-state index contributed by atoms with van der Waals surface area (Å²) in [5.41, 5.74) is 5.87. The molecule has 92 valence electrons. The highest BCUT2D eigenvalue weighted by Gasteiger charge is 2.49. The molecule has 5 heteroatoms. The quantitative estimate of drug-likeness (QED) is 0.317. The second kappa shape index (κ2) is 4.59. The summed E-state index contributed by atoms with van der Waals surface area (Å²) in [6.07, 6.45) is 3.85. The summed E-state index contributed by atoms with van der Waals surface area (Å²) in [6.45, 7) is 3.48. The largest absolute Gasteiger partial charge is 0.409 e. The summed E-state index contributed by atoms with van der Waals surface area (Å²) >= 11 is 0. The fourth-order valence-corrected chi connectivity index (χ4v) is 3.43. The lowest BCUT2D eigenvalue weighted by Crippen LogP contribution is -2.35. The minimum Gasteiger partial charge on any atom is -0.409 e. The van der Waals surface area contributed by atoms with Crippen LogP contribution in [0.1, 0.15) is 19.3 Å². The highest BCUT2D eigenvalue weighted by Crippen LogP contribution is 2.48. The molecular weight excluding hydrogens is 206 g/mol. The van der Waals surface area contributed by atoms with Gasteiger partial charge >= 0.3 is 0 Å². The zero-order valence-corrected chi connectivity index (χ0v) is 9.85. The van der Waals surface area contributed by atoms with Crippen LogP contribution < -0.4 is 5.73 Å². The van der Waals surface area contributed by atoms with Gasteiger partial charge in [-0.05, 0) is 18.8 Å². The highest BCUT2D eigenvalue weighted by atomic mass is 16.5. The minimum absolute atomic E-state index is 0.299. The zero-order chi connectivity index (χ0) is 11.6. The van der Waals surface area contributed by atoms with Gasteiger partial charge in [0.25, 0.3) is 0 Å². The van der Waals surface area contributed by atoms with E-state index >= 15 is 0 Å². The molecule has 0 aromatic rings. The van der Waals surface area contributed by atoms with E-state index < -0.39 is 0 Å². The topological polar surface area (TPSA) is 71.1 Å². The molecule has 5 nitrogen and oxygen atoms in total. The third kappa shape index (κ3) is 2.01. The Kier molecular flexibility index (Phi) is 3.35. The Balaban J connectivity index is 1.99. The predicted octanol–water partition coefficient (Wildman–Crippen LogP) is 0.481. The van der Waals surface area contributed by atoms with E-state index in [0.29, 0.717) is 17.8 Å². The van der Waals surface area contributed by atoms with Crippen molar-refractivity contribution in [2.45, 2.75) is 19.3 Å². The number of likely N-dealkylation sites (tertiary alicyclic amines) is 1. The molecule has 0 spiro atoms. The van der Waals surface area contributed by atoms with Crippen LogP contribution in [0.5, 0.6) is 0 Å². The van der Waals surface area contributed by atoms with E-state index in [1.54, 1.807) is 7.11 Å². The molecule has 2 atom stereocenters. The first-order chi connectivity index (χ1) is 7.70. The van der Waals surface area contributed by atoms with Crippen molar-refractivity contribution in [2.24, 2.45) is 22.2 Å². The number of amidine groups is 1. The molecule has 1 saturated carbocycles. The van der Waals surface area contributed by atoms with Gasteiger partial charge in [-0.25, -0.2) is 0 Å². The molecule has 0 bridgehead atoms. The van der Waals surface area contributed by atoms with Gasteiger partial charge in [-0.15, -0.1) is 0 Å². The second-order valence-electron chi connectivity index (χ2n) is 5.15. The Bertz CT molecular complexity index is 282. The number of nitrogens with two attached hydrogens (primary N) is 1. The Labute approximate surface area is 96.2 Å². The van der Waals surface area contributed by atoms with E-state index in [0.717, 1.165) is 25.6 Å². The van der Waals surface area contributed by atoms with Gasteiger partial charge in [0.2, 0.25) is 0 Å². The number of ether oxygens (including phenoxy) is 1. The van der Waals surface area contributed by atoms with Crippen LogP contribution in [0, 0.1) is 11.3 Å². The van der Waals surface area contributed by atoms with Gasteiger partial charge in [0.15, 0.2) is 5.84 Å². The van der Waals surface area contributed by atoms with Gasteiger partial charge in [0, 0.05) is 25.6 Å². The first kappa shape index (κ1) is 11.7. The van der Waals surface area contributed by atoms with Crippen LogP contribution in [0.3, 0.4) is 0 Å². The van der Waals surface area contributed by atoms with Crippen molar-refractivity contribution in [3.05, 3.63) is 0 Å². The van der Waals surface area contributed by atoms with E-state index in [4.69, 9.17) is 15.7 Å². The van der Waals surface area contributed by atoms with Crippen molar-refractivity contribution in [2.75, 3.05) is 33.4 Å². The first-order valence-electron chi connectivity index (χ1n) is 5.88. The maximum Gasteiger partial charge on any atom is 0.153 e. The number of hydrogen-bond donors (Lipinski definition) is 2. The molecule has 3 N–H and O–H groups in total. The van der Waals surface area contributed by atoms with Crippen LogP contribution in [0.4, 0.5) is 0 Å². The molecule has 1 saturated heterocycles. The Morgan fingerprint density at radius 1 is 1.69 bits per heavy atom. The highest BCUT2D eigenvalue weighted by molar-refractivity contribution is 5.81. The molecule has 1 heterocycles. The minimum atomic E-state index is 0.299. The number of rotatable bonds is 4. The summed E-state index contributed by atoms with van der Waals surface area (Å²) < 4.78 is 5.37. The van der Waals surface area contributed by atoms with E-state index in [-0.39, 0.29) is 0 Å². The summed E-state index contributed by atoms with van der Waals surface area (Å²) in [6, 6.07) is 0. The fourth-order valence-electron chi connectivity index (χ4n) is 3.43. The van der Waals surface area contributed by atoms with E-state index in [1.807, 2.05) is 0 Å². The molecule has 0 radical (unpaired) electrons. The zero-order valence-electron chi connectivity index (χ0n) is 9.85. The van der Waals surface area contributed by atoms with Crippen molar-refractivity contribution in [1.29, 1.82) is 0 Å². The van der Waals surface area contributed by atoms with Gasteiger partial charge < -0.3 is 15.7 Å². The molecule has 0 amide bonds. The van der Waals surface area contributed by atoms with Crippen LogP contribution in [-0.4, -0.2) is 49.3 Å². The van der Waals surface area contributed by atoms with Crippen LogP contribution in [-0.2, 0) is 4.74 Å². The average molecular weight is 227 g/mol. The summed E-state index contributed by atoms with van der Waals surface area (Å²) in [4.78, 5) is 2.28. The molecular formula is C11H21N3O2. The van der Waals surface area contributed by atoms with Gasteiger partial charge in [-0.1, -0.05) is 11.6 Å². The van der Waals surface area contributed by atoms with Crippen LogP contribution in [0.15, 0.2) is 5.16 Å². The maximum absolute atomic E-state index is 8.58. The molecule has 16 heavy (non-hydrogen) atoms. The van der Waals surface area contributed by atoms with E-state index in [9.17, 15) is 0 Å². The third-order valence-electron chi connectivity index (χ3n) is 4.06. The standard InChI is InChI=1S/C11H21N3O2/c1-16-8-11-4-2-3-9(11)5-14(7-11)6-10(12)13-15/h9,15H,2-8H2,1H3,(H2,12,13)/t9-,11+/m0/s1.